The summed E-state index contributed by atoms with van der Waals surface area (Å²) in [5, 5.41) is 11.4. The third-order valence-corrected chi connectivity index (χ3v) is 2.57. The Morgan fingerprint density at radius 2 is 1.79 bits per heavy atom. The number of carbonyl (C=O) groups is 2. The van der Waals surface area contributed by atoms with Gasteiger partial charge in [-0.25, -0.2) is 4.79 Å². The quantitative estimate of drug-likeness (QED) is 0.762. The van der Waals surface area contributed by atoms with Gasteiger partial charge < -0.3 is 19.9 Å². The van der Waals surface area contributed by atoms with Gasteiger partial charge in [-0.1, -0.05) is 0 Å². The second-order valence-corrected chi connectivity index (χ2v) is 3.91. The first-order valence-corrected chi connectivity index (χ1v) is 5.71. The Labute approximate surface area is 111 Å². The molecule has 104 valence electrons. The van der Waals surface area contributed by atoms with E-state index in [0.29, 0.717) is 18.7 Å². The van der Waals surface area contributed by atoms with Crippen molar-refractivity contribution in [1.82, 2.24) is 5.32 Å². The lowest BCUT2D eigenvalue weighted by atomic mass is 10.1. The Bertz CT molecular complexity index is 429. The summed E-state index contributed by atoms with van der Waals surface area (Å²) in [6.07, 6.45) is -0.216. The molecule has 1 unspecified atom stereocenters. The molecule has 6 heteroatoms. The monoisotopic (exact) mass is 267 g/mol. The molecule has 0 aromatic heterocycles. The van der Waals surface area contributed by atoms with E-state index in [1.165, 1.54) is 31.4 Å². The molecule has 0 saturated carbocycles. The summed E-state index contributed by atoms with van der Waals surface area (Å²) in [4.78, 5) is 22.5. The van der Waals surface area contributed by atoms with Gasteiger partial charge in [0.15, 0.2) is 0 Å². The van der Waals surface area contributed by atoms with Gasteiger partial charge in [0.1, 0.15) is 0 Å². The van der Waals surface area contributed by atoms with Crippen LogP contribution in [-0.4, -0.2) is 50.5 Å². The van der Waals surface area contributed by atoms with Crippen molar-refractivity contribution in [2.24, 2.45) is 0 Å². The van der Waals surface area contributed by atoms with Gasteiger partial charge in [0.2, 0.25) is 0 Å². The lowest BCUT2D eigenvalue weighted by molar-refractivity contribution is 0.0285. The number of carbonyl (C=O) groups excluding carboxylic acids is 1. The molecule has 0 fully saturated rings. The number of rotatable bonds is 7. The summed E-state index contributed by atoms with van der Waals surface area (Å²) in [5.41, 5.74) is 0.544. The van der Waals surface area contributed by atoms with E-state index in [-0.39, 0.29) is 17.6 Å². The van der Waals surface area contributed by atoms with Gasteiger partial charge in [0, 0.05) is 26.3 Å². The highest BCUT2D eigenvalue weighted by atomic mass is 16.5. The van der Waals surface area contributed by atoms with Crippen LogP contribution in [0.25, 0.3) is 0 Å². The fourth-order valence-corrected chi connectivity index (χ4v) is 1.47. The highest BCUT2D eigenvalue weighted by molar-refractivity contribution is 5.95. The number of methoxy groups -OCH3 is 2. The van der Waals surface area contributed by atoms with Crippen LogP contribution < -0.4 is 5.32 Å². The molecular weight excluding hydrogens is 250 g/mol. The predicted octanol–water partition coefficient (Wildman–Crippen LogP) is 0.776. The number of ether oxygens (including phenoxy) is 2. The van der Waals surface area contributed by atoms with Crippen molar-refractivity contribution >= 4 is 11.9 Å². The molecule has 0 bridgehead atoms. The SMILES string of the molecule is COCC(CNC(=O)c1ccc(C(=O)O)cc1)OC. The van der Waals surface area contributed by atoms with Crippen LogP contribution in [0.2, 0.25) is 0 Å². The van der Waals surface area contributed by atoms with Crippen LogP contribution >= 0.6 is 0 Å². The van der Waals surface area contributed by atoms with Gasteiger partial charge in [-0.3, -0.25) is 4.79 Å². The summed E-state index contributed by atoms with van der Waals surface area (Å²) < 4.78 is 10.0. The van der Waals surface area contributed by atoms with Crippen LogP contribution in [0.5, 0.6) is 0 Å². The number of hydrogen-bond acceptors (Lipinski definition) is 4. The lowest BCUT2D eigenvalue weighted by Crippen LogP contribution is -2.35. The van der Waals surface area contributed by atoms with E-state index in [9.17, 15) is 9.59 Å². The lowest BCUT2D eigenvalue weighted by Gasteiger charge is -2.15. The summed E-state index contributed by atoms with van der Waals surface area (Å²) in [5.74, 6) is -1.30. The molecule has 0 spiro atoms. The van der Waals surface area contributed by atoms with Crippen LogP contribution in [0.15, 0.2) is 24.3 Å². The van der Waals surface area contributed by atoms with Gasteiger partial charge in [-0.2, -0.15) is 0 Å². The van der Waals surface area contributed by atoms with E-state index < -0.39 is 5.97 Å². The van der Waals surface area contributed by atoms with Crippen LogP contribution in [-0.2, 0) is 9.47 Å². The molecule has 0 radical (unpaired) electrons. The van der Waals surface area contributed by atoms with Gasteiger partial charge >= 0.3 is 5.97 Å². The molecule has 1 amide bonds. The maximum absolute atomic E-state index is 11.8. The number of aromatic carboxylic acids is 1. The molecule has 2 N–H and O–H groups in total. The van der Waals surface area contributed by atoms with E-state index in [2.05, 4.69) is 5.32 Å². The maximum atomic E-state index is 11.8. The third-order valence-electron chi connectivity index (χ3n) is 2.57. The highest BCUT2D eigenvalue weighted by Crippen LogP contribution is 2.04. The van der Waals surface area contributed by atoms with Gasteiger partial charge in [-0.05, 0) is 24.3 Å². The topological polar surface area (TPSA) is 84.9 Å². The maximum Gasteiger partial charge on any atom is 0.335 e. The van der Waals surface area contributed by atoms with E-state index in [0.717, 1.165) is 0 Å². The fraction of sp³-hybridized carbons (Fsp3) is 0.385. The standard InChI is InChI=1S/C13H17NO5/c1-18-8-11(19-2)7-14-12(15)9-3-5-10(6-4-9)13(16)17/h3-6,11H,7-8H2,1-2H3,(H,14,15)(H,16,17). The molecule has 1 aromatic rings. The Morgan fingerprint density at radius 3 is 2.26 bits per heavy atom. The van der Waals surface area contributed by atoms with Gasteiger partial charge in [0.25, 0.3) is 5.91 Å². The number of carboxylic acids is 1. The minimum Gasteiger partial charge on any atom is -0.478 e. The first-order chi connectivity index (χ1) is 9.08. The second kappa shape index (κ2) is 7.50. The minimum atomic E-state index is -1.02. The van der Waals surface area contributed by atoms with E-state index >= 15 is 0 Å². The minimum absolute atomic E-state index is 0.144. The molecule has 1 rings (SSSR count). The van der Waals surface area contributed by atoms with E-state index in [1.807, 2.05) is 0 Å². The van der Waals surface area contributed by atoms with Crippen molar-refractivity contribution in [1.29, 1.82) is 0 Å². The molecule has 0 saturated heterocycles. The highest BCUT2D eigenvalue weighted by Gasteiger charge is 2.11. The van der Waals surface area contributed by atoms with Crippen LogP contribution in [0.1, 0.15) is 20.7 Å². The third kappa shape index (κ3) is 4.69. The van der Waals surface area contributed by atoms with Crippen LogP contribution in [0.4, 0.5) is 0 Å². The summed E-state index contributed by atoms with van der Waals surface area (Å²) in [6.45, 7) is 0.707. The molecule has 0 aliphatic heterocycles. The zero-order chi connectivity index (χ0) is 14.3. The number of carboxylic acid groups (broad SMARTS) is 1. The molecule has 19 heavy (non-hydrogen) atoms. The summed E-state index contributed by atoms with van der Waals surface area (Å²) in [7, 11) is 3.09. The number of nitrogens with one attached hydrogen (secondary N) is 1. The van der Waals surface area contributed by atoms with Gasteiger partial charge in [-0.15, -0.1) is 0 Å². The summed E-state index contributed by atoms with van der Waals surface area (Å²) in [6, 6.07) is 5.72. The predicted molar refractivity (Wildman–Crippen MR) is 68.4 cm³/mol. The molecule has 1 aromatic carbocycles. The van der Waals surface area contributed by atoms with Crippen molar-refractivity contribution in [3.05, 3.63) is 35.4 Å². The molecule has 0 aliphatic carbocycles. The molecular formula is C13H17NO5. The molecule has 0 aliphatic rings. The normalized spacial score (nSPS) is 11.9. The van der Waals surface area contributed by atoms with E-state index in [1.54, 1.807) is 7.11 Å². The van der Waals surface area contributed by atoms with Crippen molar-refractivity contribution < 1.29 is 24.2 Å². The number of hydrogen-bond donors (Lipinski definition) is 2. The Kier molecular flexibility index (Phi) is 5.98. The average molecular weight is 267 g/mol. The van der Waals surface area contributed by atoms with Crippen molar-refractivity contribution in [2.75, 3.05) is 27.4 Å². The smallest absolute Gasteiger partial charge is 0.335 e. The molecule has 6 nitrogen and oxygen atoms in total. The first kappa shape index (κ1) is 15.1. The van der Waals surface area contributed by atoms with Crippen molar-refractivity contribution in [2.45, 2.75) is 6.10 Å². The number of amides is 1. The Hall–Kier alpha value is -1.92. The zero-order valence-corrected chi connectivity index (χ0v) is 10.9. The first-order valence-electron chi connectivity index (χ1n) is 5.71. The van der Waals surface area contributed by atoms with Crippen LogP contribution in [0.3, 0.4) is 0 Å². The van der Waals surface area contributed by atoms with Crippen LogP contribution in [0, 0.1) is 0 Å². The van der Waals surface area contributed by atoms with E-state index in [4.69, 9.17) is 14.6 Å². The zero-order valence-electron chi connectivity index (χ0n) is 10.9. The Balaban J connectivity index is 2.55. The van der Waals surface area contributed by atoms with Crippen molar-refractivity contribution in [3.63, 3.8) is 0 Å². The fourth-order valence-electron chi connectivity index (χ4n) is 1.47. The van der Waals surface area contributed by atoms with Crippen molar-refractivity contribution in [3.8, 4) is 0 Å². The summed E-state index contributed by atoms with van der Waals surface area (Å²) >= 11 is 0. The van der Waals surface area contributed by atoms with Gasteiger partial charge in [0.05, 0.1) is 18.3 Å². The Morgan fingerprint density at radius 1 is 1.21 bits per heavy atom. The number of benzene rings is 1. The average Bonchev–Trinajstić information content (AvgIpc) is 2.43. The second-order valence-electron chi connectivity index (χ2n) is 3.91. The molecule has 1 atom stereocenters. The largest absolute Gasteiger partial charge is 0.478 e. The molecule has 0 heterocycles.